The van der Waals surface area contributed by atoms with E-state index in [1.54, 1.807) is 36.8 Å². The third-order valence-corrected chi connectivity index (χ3v) is 4.72. The lowest BCUT2D eigenvalue weighted by Gasteiger charge is -2.14. The minimum atomic E-state index is -0.529. The first-order chi connectivity index (χ1) is 12.6. The molecule has 1 aliphatic heterocycles. The minimum Gasteiger partial charge on any atom is -0.294 e. The molecule has 1 amide bonds. The fourth-order valence-corrected chi connectivity index (χ4v) is 3.27. The molecule has 4 heterocycles. The highest BCUT2D eigenvalue weighted by Gasteiger charge is 2.35. The summed E-state index contributed by atoms with van der Waals surface area (Å²) in [7, 11) is 0. The lowest BCUT2D eigenvalue weighted by Crippen LogP contribution is -2.28. The van der Waals surface area contributed by atoms with E-state index in [-0.39, 0.29) is 23.3 Å². The van der Waals surface area contributed by atoms with Gasteiger partial charge in [0, 0.05) is 36.6 Å². The molecule has 6 nitrogen and oxygen atoms in total. The van der Waals surface area contributed by atoms with Crippen LogP contribution in [0.3, 0.4) is 0 Å². The Morgan fingerprint density at radius 2 is 2.08 bits per heavy atom. The van der Waals surface area contributed by atoms with Gasteiger partial charge in [-0.15, -0.1) is 0 Å². The van der Waals surface area contributed by atoms with Crippen LogP contribution in [0.25, 0.3) is 11.3 Å². The largest absolute Gasteiger partial charge is 0.294 e. The van der Waals surface area contributed by atoms with E-state index in [9.17, 15) is 9.18 Å². The third-order valence-electron chi connectivity index (χ3n) is 4.50. The van der Waals surface area contributed by atoms with Crippen LogP contribution in [0.2, 0.25) is 5.15 Å². The van der Waals surface area contributed by atoms with E-state index < -0.39 is 5.82 Å². The normalized spacial score (nSPS) is 17.1. The Bertz CT molecular complexity index is 929. The van der Waals surface area contributed by atoms with Crippen LogP contribution >= 0.6 is 11.6 Å². The van der Waals surface area contributed by atoms with E-state index >= 15 is 0 Å². The molecule has 0 saturated carbocycles. The van der Waals surface area contributed by atoms with Crippen molar-refractivity contribution in [3.05, 3.63) is 59.4 Å². The highest BCUT2D eigenvalue weighted by molar-refractivity contribution is 6.29. The molecule has 0 bridgehead atoms. The first-order valence-electron chi connectivity index (χ1n) is 8.19. The molecule has 0 radical (unpaired) electrons. The molecule has 8 heteroatoms. The lowest BCUT2D eigenvalue weighted by atomic mass is 9.99. The Hall–Kier alpha value is -2.80. The summed E-state index contributed by atoms with van der Waals surface area (Å²) in [6.45, 7) is 0.444. The Balaban J connectivity index is 1.53. The number of anilines is 1. The number of carbonyl (C=O) groups excluding carboxylic acids is 1. The summed E-state index contributed by atoms with van der Waals surface area (Å²) < 4.78 is 14.8. The summed E-state index contributed by atoms with van der Waals surface area (Å²) in [4.78, 5) is 22.1. The molecule has 3 aromatic rings. The van der Waals surface area contributed by atoms with Crippen LogP contribution in [0.4, 0.5) is 10.2 Å². The van der Waals surface area contributed by atoms with Crippen LogP contribution < -0.4 is 4.90 Å². The fourth-order valence-electron chi connectivity index (χ4n) is 3.16. The van der Waals surface area contributed by atoms with Gasteiger partial charge in [-0.25, -0.2) is 9.37 Å². The van der Waals surface area contributed by atoms with Gasteiger partial charge in [0.1, 0.15) is 10.8 Å². The van der Waals surface area contributed by atoms with E-state index in [2.05, 4.69) is 20.2 Å². The molecule has 26 heavy (non-hydrogen) atoms. The van der Waals surface area contributed by atoms with Crippen LogP contribution in [0.5, 0.6) is 0 Å². The number of hydrogen-bond acceptors (Lipinski definition) is 4. The zero-order chi connectivity index (χ0) is 18.1. The van der Waals surface area contributed by atoms with Gasteiger partial charge in [0.25, 0.3) is 0 Å². The predicted molar refractivity (Wildman–Crippen MR) is 95.2 cm³/mol. The van der Waals surface area contributed by atoms with Crippen molar-refractivity contribution in [1.29, 1.82) is 0 Å². The maximum absolute atomic E-state index is 14.8. The van der Waals surface area contributed by atoms with Crippen LogP contribution in [0.1, 0.15) is 12.0 Å². The SMILES string of the molecule is O=C1C(Cc2ccc(Cl)nc2)CCN1c1[nH]nc(-c2ccncc2)c1F. The molecular weight excluding hydrogens is 357 g/mol. The zero-order valence-corrected chi connectivity index (χ0v) is 14.4. The Labute approximate surface area is 154 Å². The maximum Gasteiger partial charge on any atom is 0.231 e. The van der Waals surface area contributed by atoms with E-state index in [4.69, 9.17) is 11.6 Å². The van der Waals surface area contributed by atoms with Crippen LogP contribution in [0, 0.1) is 11.7 Å². The number of hydrogen-bond donors (Lipinski definition) is 1. The molecule has 1 aliphatic rings. The number of carbonyl (C=O) groups is 1. The molecule has 1 unspecified atom stereocenters. The van der Waals surface area contributed by atoms with Crippen molar-refractivity contribution in [2.45, 2.75) is 12.8 Å². The predicted octanol–water partition coefficient (Wildman–Crippen LogP) is 3.25. The Kier molecular flexibility index (Phi) is 4.38. The smallest absolute Gasteiger partial charge is 0.231 e. The second-order valence-electron chi connectivity index (χ2n) is 6.14. The molecule has 3 aromatic heterocycles. The fraction of sp³-hybridized carbons (Fsp3) is 0.222. The molecule has 1 atom stereocenters. The average Bonchev–Trinajstić information content (AvgIpc) is 3.21. The van der Waals surface area contributed by atoms with Crippen molar-refractivity contribution >= 4 is 23.3 Å². The van der Waals surface area contributed by atoms with Gasteiger partial charge < -0.3 is 0 Å². The Morgan fingerprint density at radius 3 is 2.81 bits per heavy atom. The molecule has 1 N–H and O–H groups in total. The molecule has 0 spiro atoms. The number of aromatic nitrogens is 4. The highest BCUT2D eigenvalue weighted by Crippen LogP contribution is 2.32. The van der Waals surface area contributed by atoms with E-state index in [1.807, 2.05) is 6.07 Å². The van der Waals surface area contributed by atoms with E-state index in [1.165, 1.54) is 4.90 Å². The van der Waals surface area contributed by atoms with Crippen LogP contribution in [0.15, 0.2) is 42.9 Å². The number of halogens is 2. The van der Waals surface area contributed by atoms with Gasteiger partial charge in [-0.1, -0.05) is 17.7 Å². The summed E-state index contributed by atoms with van der Waals surface area (Å²) in [5, 5.41) is 7.12. The number of amides is 1. The number of nitrogens with zero attached hydrogens (tertiary/aromatic N) is 4. The number of rotatable bonds is 4. The van der Waals surface area contributed by atoms with Crippen molar-refractivity contribution in [3.63, 3.8) is 0 Å². The standard InChI is InChI=1S/C18H15ClFN5O/c19-14-2-1-11(10-22-14)9-13-5-8-25(18(13)26)17-15(20)16(23-24-17)12-3-6-21-7-4-12/h1-4,6-7,10,13H,5,8-9H2,(H,23,24). The van der Waals surface area contributed by atoms with Crippen molar-refractivity contribution in [3.8, 4) is 11.3 Å². The monoisotopic (exact) mass is 371 g/mol. The van der Waals surface area contributed by atoms with Gasteiger partial charge in [-0.05, 0) is 36.6 Å². The lowest BCUT2D eigenvalue weighted by molar-refractivity contribution is -0.120. The number of pyridine rings is 2. The van der Waals surface area contributed by atoms with Crippen LogP contribution in [-0.4, -0.2) is 32.6 Å². The quantitative estimate of drug-likeness (QED) is 0.714. The topological polar surface area (TPSA) is 74.8 Å². The van der Waals surface area contributed by atoms with Gasteiger partial charge in [0.05, 0.1) is 0 Å². The Morgan fingerprint density at radius 1 is 1.27 bits per heavy atom. The molecule has 132 valence electrons. The summed E-state index contributed by atoms with van der Waals surface area (Å²) >= 11 is 5.79. The van der Waals surface area contributed by atoms with Crippen molar-refractivity contribution in [1.82, 2.24) is 20.2 Å². The van der Waals surface area contributed by atoms with Gasteiger partial charge >= 0.3 is 0 Å². The maximum atomic E-state index is 14.8. The van der Waals surface area contributed by atoms with Gasteiger partial charge in [-0.3, -0.25) is 19.8 Å². The summed E-state index contributed by atoms with van der Waals surface area (Å²) in [6.07, 6.45) is 5.99. The first-order valence-corrected chi connectivity index (χ1v) is 8.57. The van der Waals surface area contributed by atoms with E-state index in [0.717, 1.165) is 5.56 Å². The molecule has 1 fully saturated rings. The molecular formula is C18H15ClFN5O. The highest BCUT2D eigenvalue weighted by atomic mass is 35.5. The van der Waals surface area contributed by atoms with Crippen LogP contribution in [-0.2, 0) is 11.2 Å². The van der Waals surface area contributed by atoms with Crippen molar-refractivity contribution < 1.29 is 9.18 Å². The molecule has 0 aliphatic carbocycles. The summed E-state index contributed by atoms with van der Waals surface area (Å²) in [6, 6.07) is 6.89. The number of nitrogens with one attached hydrogen (secondary N) is 1. The minimum absolute atomic E-state index is 0.110. The number of H-pyrrole nitrogens is 1. The second-order valence-corrected chi connectivity index (χ2v) is 6.53. The first kappa shape index (κ1) is 16.7. The zero-order valence-electron chi connectivity index (χ0n) is 13.7. The molecule has 1 saturated heterocycles. The van der Waals surface area contributed by atoms with Crippen molar-refractivity contribution in [2.24, 2.45) is 5.92 Å². The van der Waals surface area contributed by atoms with Gasteiger partial charge in [0.15, 0.2) is 11.6 Å². The summed E-state index contributed by atoms with van der Waals surface area (Å²) in [5.41, 5.74) is 1.72. The second kappa shape index (κ2) is 6.84. The number of aromatic amines is 1. The van der Waals surface area contributed by atoms with Gasteiger partial charge in [-0.2, -0.15) is 5.10 Å². The molecule has 0 aromatic carbocycles. The third kappa shape index (κ3) is 3.06. The average molecular weight is 372 g/mol. The summed E-state index contributed by atoms with van der Waals surface area (Å²) in [5.74, 6) is -0.759. The van der Waals surface area contributed by atoms with Gasteiger partial charge in [0.2, 0.25) is 5.91 Å². The van der Waals surface area contributed by atoms with E-state index in [0.29, 0.717) is 30.1 Å². The molecule has 4 rings (SSSR count). The van der Waals surface area contributed by atoms with Crippen molar-refractivity contribution in [2.75, 3.05) is 11.4 Å².